The molecule has 0 radical (unpaired) electrons. The average Bonchev–Trinajstić information content (AvgIpc) is 3.52. The Kier molecular flexibility index (Phi) is 7.47. The van der Waals surface area contributed by atoms with Gasteiger partial charge < -0.3 is 14.2 Å². The maximum absolute atomic E-state index is 14.0. The molecular weight excluding hydrogens is 474 g/mol. The van der Waals surface area contributed by atoms with Crippen LogP contribution in [0.4, 0.5) is 11.4 Å². The highest BCUT2D eigenvalue weighted by Crippen LogP contribution is 2.41. The van der Waals surface area contributed by atoms with E-state index in [0.717, 1.165) is 18.4 Å². The van der Waals surface area contributed by atoms with Crippen LogP contribution in [0.25, 0.3) is 0 Å². The molecule has 1 aromatic heterocycles. The van der Waals surface area contributed by atoms with Crippen LogP contribution in [0.3, 0.4) is 0 Å². The quantitative estimate of drug-likeness (QED) is 0.457. The Hall–Kier alpha value is -4.34. The lowest BCUT2D eigenvalue weighted by atomic mass is 10.1. The minimum Gasteiger partial charge on any atom is -0.497 e. The van der Waals surface area contributed by atoms with E-state index in [2.05, 4.69) is 12.0 Å². The molecule has 0 saturated heterocycles. The smallest absolute Gasteiger partial charge is 0.280 e. The number of anilines is 2. The lowest BCUT2D eigenvalue weighted by molar-refractivity contribution is -0.119. The zero-order chi connectivity index (χ0) is 26.7. The first-order valence-electron chi connectivity index (χ1n) is 12.0. The van der Waals surface area contributed by atoms with Gasteiger partial charge in [0.15, 0.2) is 11.9 Å². The van der Waals surface area contributed by atoms with Crippen molar-refractivity contribution in [2.75, 3.05) is 31.2 Å². The van der Waals surface area contributed by atoms with Gasteiger partial charge in [-0.1, -0.05) is 19.4 Å². The van der Waals surface area contributed by atoms with Crippen LogP contribution in [0, 0.1) is 6.92 Å². The number of amidine groups is 1. The first-order valence-corrected chi connectivity index (χ1v) is 12.0. The maximum atomic E-state index is 14.0. The van der Waals surface area contributed by atoms with Gasteiger partial charge in [-0.2, -0.15) is 10.1 Å². The molecule has 37 heavy (non-hydrogen) atoms. The molecule has 0 aliphatic carbocycles. The number of hydrazone groups is 1. The zero-order valence-electron chi connectivity index (χ0n) is 21.9. The van der Waals surface area contributed by atoms with Crippen molar-refractivity contribution < 1.29 is 23.8 Å². The monoisotopic (exact) mass is 505 g/mol. The van der Waals surface area contributed by atoms with Gasteiger partial charge in [0.25, 0.3) is 5.91 Å². The number of aromatic nitrogens is 2. The molecule has 2 heterocycles. The van der Waals surface area contributed by atoms with Crippen LogP contribution in [0.1, 0.15) is 37.4 Å². The van der Waals surface area contributed by atoms with Gasteiger partial charge in [-0.15, -0.1) is 5.10 Å². The zero-order valence-corrected chi connectivity index (χ0v) is 21.9. The van der Waals surface area contributed by atoms with Crippen molar-refractivity contribution in [3.63, 3.8) is 0 Å². The summed E-state index contributed by atoms with van der Waals surface area (Å²) >= 11 is 0. The molecule has 3 aromatic rings. The van der Waals surface area contributed by atoms with E-state index in [0.29, 0.717) is 34.2 Å². The van der Waals surface area contributed by atoms with E-state index < -0.39 is 6.04 Å². The predicted molar refractivity (Wildman–Crippen MR) is 141 cm³/mol. The normalized spacial score (nSPS) is 15.0. The molecule has 0 spiro atoms. The second-order valence-electron chi connectivity index (χ2n) is 8.60. The van der Waals surface area contributed by atoms with E-state index in [1.54, 1.807) is 44.8 Å². The van der Waals surface area contributed by atoms with Crippen LogP contribution in [0.2, 0.25) is 0 Å². The highest BCUT2D eigenvalue weighted by atomic mass is 16.5. The molecule has 1 unspecified atom stereocenters. The standard InChI is InChI=1S/C27H31N5O5/c1-7-9-19-10-11-22(36-5)21(15-19)31(18(3)33)26-25(30-13-8-12-28-30)27(34)32(29-26)24-17(2)14-20(35-4)16-23(24)37-6/h8,10-16,25H,7,9H2,1-6H3. The summed E-state index contributed by atoms with van der Waals surface area (Å²) in [4.78, 5) is 28.6. The average molecular weight is 506 g/mol. The lowest BCUT2D eigenvalue weighted by Gasteiger charge is -2.26. The summed E-state index contributed by atoms with van der Waals surface area (Å²) in [6.45, 7) is 5.35. The summed E-state index contributed by atoms with van der Waals surface area (Å²) in [5.74, 6) is 0.967. The first-order chi connectivity index (χ1) is 17.8. The van der Waals surface area contributed by atoms with Crippen molar-refractivity contribution in [2.24, 2.45) is 5.10 Å². The van der Waals surface area contributed by atoms with Crippen LogP contribution in [0.5, 0.6) is 17.2 Å². The van der Waals surface area contributed by atoms with Crippen LogP contribution in [0.15, 0.2) is 53.9 Å². The van der Waals surface area contributed by atoms with E-state index in [9.17, 15) is 9.59 Å². The van der Waals surface area contributed by atoms with Gasteiger partial charge in [-0.25, -0.2) is 0 Å². The summed E-state index contributed by atoms with van der Waals surface area (Å²) in [7, 11) is 4.62. The molecule has 2 amide bonds. The number of rotatable bonds is 8. The molecule has 0 fully saturated rings. The summed E-state index contributed by atoms with van der Waals surface area (Å²) in [6, 6.07) is 9.89. The Morgan fingerprint density at radius 3 is 2.43 bits per heavy atom. The molecule has 0 N–H and O–H groups in total. The minimum atomic E-state index is -0.996. The minimum absolute atomic E-state index is 0.199. The molecule has 1 aliphatic rings. The van der Waals surface area contributed by atoms with Crippen molar-refractivity contribution in [1.29, 1.82) is 0 Å². The van der Waals surface area contributed by atoms with E-state index in [1.165, 1.54) is 28.6 Å². The number of aryl methyl sites for hydroxylation is 2. The molecule has 10 heteroatoms. The number of benzene rings is 2. The number of hydrogen-bond acceptors (Lipinski definition) is 7. The fourth-order valence-electron chi connectivity index (χ4n) is 4.49. The van der Waals surface area contributed by atoms with E-state index in [-0.39, 0.29) is 17.6 Å². The fraction of sp³-hybridized carbons (Fsp3) is 0.333. The lowest BCUT2D eigenvalue weighted by Crippen LogP contribution is -2.41. The van der Waals surface area contributed by atoms with E-state index >= 15 is 0 Å². The van der Waals surface area contributed by atoms with Crippen molar-refractivity contribution in [1.82, 2.24) is 9.78 Å². The number of ether oxygens (including phenoxy) is 3. The van der Waals surface area contributed by atoms with Gasteiger partial charge >= 0.3 is 0 Å². The third-order valence-corrected chi connectivity index (χ3v) is 6.15. The second-order valence-corrected chi connectivity index (χ2v) is 8.60. The van der Waals surface area contributed by atoms with Gasteiger partial charge in [0.2, 0.25) is 5.91 Å². The first kappa shape index (κ1) is 25.7. The molecule has 0 saturated carbocycles. The number of methoxy groups -OCH3 is 3. The Bertz CT molecular complexity index is 1340. The van der Waals surface area contributed by atoms with Crippen molar-refractivity contribution in [3.05, 3.63) is 59.9 Å². The van der Waals surface area contributed by atoms with Crippen molar-refractivity contribution in [2.45, 2.75) is 39.7 Å². The third-order valence-electron chi connectivity index (χ3n) is 6.15. The van der Waals surface area contributed by atoms with Crippen LogP contribution in [-0.4, -0.2) is 48.8 Å². The summed E-state index contributed by atoms with van der Waals surface area (Å²) in [5.41, 5.74) is 2.71. The molecule has 194 valence electrons. The van der Waals surface area contributed by atoms with Gasteiger partial charge in [0, 0.05) is 25.4 Å². The maximum Gasteiger partial charge on any atom is 0.280 e. The van der Waals surface area contributed by atoms with Crippen molar-refractivity contribution in [3.8, 4) is 17.2 Å². The van der Waals surface area contributed by atoms with Gasteiger partial charge in [-0.3, -0.25) is 19.2 Å². The highest BCUT2D eigenvalue weighted by Gasteiger charge is 2.45. The van der Waals surface area contributed by atoms with E-state index in [1.807, 2.05) is 25.1 Å². The van der Waals surface area contributed by atoms with Gasteiger partial charge in [0.05, 0.1) is 27.0 Å². The number of carbonyl (C=O) groups is 2. The molecule has 10 nitrogen and oxygen atoms in total. The Morgan fingerprint density at radius 2 is 1.84 bits per heavy atom. The van der Waals surface area contributed by atoms with Gasteiger partial charge in [0.1, 0.15) is 22.9 Å². The molecule has 1 aliphatic heterocycles. The SMILES string of the molecule is CCCc1ccc(OC)c(N(C(C)=O)C2=NN(c3c(C)cc(OC)cc3OC)C(=O)C2n2cccn2)c1. The van der Waals surface area contributed by atoms with Crippen LogP contribution >= 0.6 is 0 Å². The van der Waals surface area contributed by atoms with Gasteiger partial charge in [-0.05, 0) is 48.7 Å². The van der Waals surface area contributed by atoms with Crippen LogP contribution in [-0.2, 0) is 16.0 Å². The number of nitrogens with zero attached hydrogens (tertiary/aromatic N) is 5. The number of carbonyl (C=O) groups excluding carboxylic acids is 2. The van der Waals surface area contributed by atoms with E-state index in [4.69, 9.17) is 19.3 Å². The Morgan fingerprint density at radius 1 is 1.08 bits per heavy atom. The summed E-state index contributed by atoms with van der Waals surface area (Å²) in [5, 5.41) is 10.3. The highest BCUT2D eigenvalue weighted by molar-refractivity contribution is 6.28. The summed E-state index contributed by atoms with van der Waals surface area (Å²) in [6.07, 6.45) is 5.01. The molecule has 1 atom stereocenters. The summed E-state index contributed by atoms with van der Waals surface area (Å²) < 4.78 is 18.1. The molecule has 0 bridgehead atoms. The largest absolute Gasteiger partial charge is 0.497 e. The Balaban J connectivity index is 1.94. The van der Waals surface area contributed by atoms with Crippen LogP contribution < -0.4 is 24.1 Å². The second kappa shape index (κ2) is 10.7. The Labute approximate surface area is 216 Å². The fourth-order valence-corrected chi connectivity index (χ4v) is 4.49. The topological polar surface area (TPSA) is 98.5 Å². The number of amides is 2. The predicted octanol–water partition coefficient (Wildman–Crippen LogP) is 4.12. The molecular formula is C27H31N5O5. The molecule has 2 aromatic carbocycles. The molecule has 4 rings (SSSR count). The van der Waals surface area contributed by atoms with Crippen molar-refractivity contribution >= 4 is 29.0 Å². The third kappa shape index (κ3) is 4.74. The number of hydrogen-bond donors (Lipinski definition) is 0.